The molecule has 5 nitrogen and oxygen atoms in total. The lowest BCUT2D eigenvalue weighted by molar-refractivity contribution is 0.438. The monoisotopic (exact) mass is 292 g/mol. The molecule has 0 bridgehead atoms. The Balaban J connectivity index is 1.73. The second kappa shape index (κ2) is 5.54. The van der Waals surface area contributed by atoms with Crippen LogP contribution in [-0.4, -0.2) is 29.3 Å². The van der Waals surface area contributed by atoms with Gasteiger partial charge in [-0.3, -0.25) is 0 Å². The standard InChI is InChI=1S/C14H20N4OS/c1-3-4-13-16-17-14(20-13)18-7-10(11(15)8-18)12-6-5-9(2)19-12/h5-6,10-11H,3-4,7-8,15H2,1-2H3/t10-,11-/m1/s1. The Morgan fingerprint density at radius 1 is 1.40 bits per heavy atom. The molecule has 6 heteroatoms. The van der Waals surface area contributed by atoms with Gasteiger partial charge in [-0.05, 0) is 25.5 Å². The van der Waals surface area contributed by atoms with E-state index in [0.29, 0.717) is 0 Å². The minimum Gasteiger partial charge on any atom is -0.466 e. The van der Waals surface area contributed by atoms with Gasteiger partial charge in [0, 0.05) is 25.6 Å². The Labute approximate surface area is 122 Å². The summed E-state index contributed by atoms with van der Waals surface area (Å²) in [7, 11) is 0. The molecule has 1 aliphatic rings. The molecule has 1 fully saturated rings. The van der Waals surface area contributed by atoms with E-state index in [9.17, 15) is 0 Å². The first-order valence-corrected chi connectivity index (χ1v) is 7.88. The highest BCUT2D eigenvalue weighted by molar-refractivity contribution is 7.15. The van der Waals surface area contributed by atoms with Crippen molar-refractivity contribution in [2.75, 3.05) is 18.0 Å². The first-order valence-electron chi connectivity index (χ1n) is 7.06. The lowest BCUT2D eigenvalue weighted by atomic mass is 10.0. The normalized spacial score (nSPS) is 22.6. The molecule has 0 aliphatic carbocycles. The number of hydrogen-bond donors (Lipinski definition) is 1. The van der Waals surface area contributed by atoms with Crippen LogP contribution in [0.3, 0.4) is 0 Å². The van der Waals surface area contributed by atoms with E-state index < -0.39 is 0 Å². The van der Waals surface area contributed by atoms with Crippen LogP contribution >= 0.6 is 11.3 Å². The van der Waals surface area contributed by atoms with Gasteiger partial charge in [-0.2, -0.15) is 0 Å². The SMILES string of the molecule is CCCc1nnc(N2C[C@@H](N)[C@H](c3ccc(C)o3)C2)s1. The predicted octanol–water partition coefficient (Wildman–Crippen LogP) is 2.32. The first kappa shape index (κ1) is 13.6. The van der Waals surface area contributed by atoms with Crippen molar-refractivity contribution in [3.63, 3.8) is 0 Å². The van der Waals surface area contributed by atoms with Crippen molar-refractivity contribution in [2.24, 2.45) is 5.73 Å². The van der Waals surface area contributed by atoms with Crippen LogP contribution in [0.5, 0.6) is 0 Å². The van der Waals surface area contributed by atoms with E-state index in [1.54, 1.807) is 11.3 Å². The molecule has 0 saturated carbocycles. The Bertz CT molecular complexity index is 579. The summed E-state index contributed by atoms with van der Waals surface area (Å²) in [6.07, 6.45) is 2.10. The average molecular weight is 292 g/mol. The van der Waals surface area contributed by atoms with Crippen LogP contribution in [-0.2, 0) is 6.42 Å². The lowest BCUT2D eigenvalue weighted by Gasteiger charge is -2.12. The highest BCUT2D eigenvalue weighted by Gasteiger charge is 2.34. The van der Waals surface area contributed by atoms with Crippen LogP contribution in [0, 0.1) is 6.92 Å². The summed E-state index contributed by atoms with van der Waals surface area (Å²) in [6, 6.07) is 4.11. The van der Waals surface area contributed by atoms with Crippen molar-refractivity contribution in [3.8, 4) is 0 Å². The van der Waals surface area contributed by atoms with Gasteiger partial charge in [0.2, 0.25) is 5.13 Å². The van der Waals surface area contributed by atoms with E-state index in [-0.39, 0.29) is 12.0 Å². The van der Waals surface area contributed by atoms with Crippen molar-refractivity contribution < 1.29 is 4.42 Å². The van der Waals surface area contributed by atoms with Gasteiger partial charge >= 0.3 is 0 Å². The fourth-order valence-corrected chi connectivity index (χ4v) is 3.58. The molecular formula is C14H20N4OS. The molecular weight excluding hydrogens is 272 g/mol. The summed E-state index contributed by atoms with van der Waals surface area (Å²) < 4.78 is 5.73. The number of anilines is 1. The molecule has 20 heavy (non-hydrogen) atoms. The van der Waals surface area contributed by atoms with Crippen LogP contribution < -0.4 is 10.6 Å². The highest BCUT2D eigenvalue weighted by atomic mass is 32.1. The largest absolute Gasteiger partial charge is 0.466 e. The molecule has 0 spiro atoms. The molecule has 0 unspecified atom stereocenters. The van der Waals surface area contributed by atoms with Crippen molar-refractivity contribution in [1.82, 2.24) is 10.2 Å². The van der Waals surface area contributed by atoms with Crippen molar-refractivity contribution >= 4 is 16.5 Å². The second-order valence-corrected chi connectivity index (χ2v) is 6.39. The Hall–Kier alpha value is -1.40. The smallest absolute Gasteiger partial charge is 0.208 e. The number of aryl methyl sites for hydroxylation is 2. The number of hydrogen-bond acceptors (Lipinski definition) is 6. The van der Waals surface area contributed by atoms with E-state index in [1.807, 2.05) is 19.1 Å². The second-order valence-electron chi connectivity index (χ2n) is 5.35. The lowest BCUT2D eigenvalue weighted by Crippen LogP contribution is -2.28. The molecule has 1 saturated heterocycles. The maximum atomic E-state index is 6.27. The minimum atomic E-state index is 0.0825. The zero-order chi connectivity index (χ0) is 14.1. The Kier molecular flexibility index (Phi) is 3.76. The fraction of sp³-hybridized carbons (Fsp3) is 0.571. The molecule has 2 aromatic heterocycles. The fourth-order valence-electron chi connectivity index (χ4n) is 2.63. The van der Waals surface area contributed by atoms with Crippen molar-refractivity contribution in [1.29, 1.82) is 0 Å². The molecule has 108 valence electrons. The van der Waals surface area contributed by atoms with Gasteiger partial charge in [-0.1, -0.05) is 18.3 Å². The van der Waals surface area contributed by atoms with Crippen LogP contribution in [0.2, 0.25) is 0 Å². The van der Waals surface area contributed by atoms with Gasteiger partial charge in [-0.15, -0.1) is 10.2 Å². The van der Waals surface area contributed by atoms with Gasteiger partial charge in [0.15, 0.2) is 0 Å². The molecule has 1 aliphatic heterocycles. The van der Waals surface area contributed by atoms with Crippen molar-refractivity contribution in [3.05, 3.63) is 28.7 Å². The predicted molar refractivity (Wildman–Crippen MR) is 80.3 cm³/mol. The third kappa shape index (κ3) is 2.58. The summed E-state index contributed by atoms with van der Waals surface area (Å²) in [5.74, 6) is 2.16. The topological polar surface area (TPSA) is 68.2 Å². The maximum Gasteiger partial charge on any atom is 0.208 e. The average Bonchev–Trinajstić information content (AvgIpc) is 3.10. The summed E-state index contributed by atoms with van der Waals surface area (Å²) in [5, 5.41) is 10.6. The minimum absolute atomic E-state index is 0.0825. The van der Waals surface area contributed by atoms with Crippen LogP contribution in [0.25, 0.3) is 0 Å². The molecule has 2 atom stereocenters. The van der Waals surface area contributed by atoms with E-state index in [0.717, 1.165) is 47.6 Å². The zero-order valence-corrected chi connectivity index (χ0v) is 12.7. The first-order chi connectivity index (χ1) is 9.67. The summed E-state index contributed by atoms with van der Waals surface area (Å²) in [6.45, 7) is 5.78. The molecule has 2 aromatic rings. The van der Waals surface area contributed by atoms with Gasteiger partial charge in [0.05, 0.1) is 5.92 Å². The molecule has 2 N–H and O–H groups in total. The van der Waals surface area contributed by atoms with E-state index in [4.69, 9.17) is 10.2 Å². The highest BCUT2D eigenvalue weighted by Crippen LogP contribution is 2.32. The zero-order valence-electron chi connectivity index (χ0n) is 11.9. The summed E-state index contributed by atoms with van der Waals surface area (Å²) in [4.78, 5) is 2.23. The third-order valence-electron chi connectivity index (χ3n) is 3.68. The number of nitrogens with zero attached hydrogens (tertiary/aromatic N) is 3. The quantitative estimate of drug-likeness (QED) is 0.936. The van der Waals surface area contributed by atoms with Crippen LogP contribution in [0.15, 0.2) is 16.5 Å². The molecule has 0 radical (unpaired) electrons. The van der Waals surface area contributed by atoms with Gasteiger partial charge in [0.25, 0.3) is 0 Å². The maximum absolute atomic E-state index is 6.27. The molecule has 0 amide bonds. The molecule has 3 rings (SSSR count). The van der Waals surface area contributed by atoms with E-state index >= 15 is 0 Å². The van der Waals surface area contributed by atoms with Gasteiger partial charge in [-0.25, -0.2) is 0 Å². The number of rotatable bonds is 4. The van der Waals surface area contributed by atoms with Gasteiger partial charge in [0.1, 0.15) is 16.5 Å². The number of furan rings is 1. The number of nitrogens with two attached hydrogens (primary N) is 1. The summed E-state index contributed by atoms with van der Waals surface area (Å²) in [5.41, 5.74) is 6.27. The van der Waals surface area contributed by atoms with Crippen LogP contribution in [0.1, 0.15) is 35.8 Å². The molecule has 0 aromatic carbocycles. The Morgan fingerprint density at radius 2 is 2.25 bits per heavy atom. The number of aromatic nitrogens is 2. The van der Waals surface area contributed by atoms with Crippen LogP contribution in [0.4, 0.5) is 5.13 Å². The van der Waals surface area contributed by atoms with Crippen molar-refractivity contribution in [2.45, 2.75) is 38.6 Å². The van der Waals surface area contributed by atoms with E-state index in [1.165, 1.54) is 0 Å². The third-order valence-corrected chi connectivity index (χ3v) is 4.73. The molecule has 3 heterocycles. The van der Waals surface area contributed by atoms with E-state index in [2.05, 4.69) is 22.0 Å². The Morgan fingerprint density at radius 3 is 2.95 bits per heavy atom. The van der Waals surface area contributed by atoms with Gasteiger partial charge < -0.3 is 15.1 Å². The summed E-state index contributed by atoms with van der Waals surface area (Å²) >= 11 is 1.68.